The summed E-state index contributed by atoms with van der Waals surface area (Å²) in [6, 6.07) is 3.77. The number of hydrogen-bond donors (Lipinski definition) is 0. The summed E-state index contributed by atoms with van der Waals surface area (Å²) in [7, 11) is 0. The van der Waals surface area contributed by atoms with Gasteiger partial charge in [-0.2, -0.15) is 4.98 Å². The lowest BCUT2D eigenvalue weighted by Gasteiger charge is -2.21. The summed E-state index contributed by atoms with van der Waals surface area (Å²) in [4.78, 5) is 19.6. The van der Waals surface area contributed by atoms with Crippen LogP contribution in [0.25, 0.3) is 0 Å². The van der Waals surface area contributed by atoms with Crippen LogP contribution in [0, 0.1) is 5.92 Å². The molecule has 146 valence electrons. The fourth-order valence-corrected chi connectivity index (χ4v) is 4.25. The van der Waals surface area contributed by atoms with Gasteiger partial charge < -0.3 is 18.9 Å². The van der Waals surface area contributed by atoms with Crippen LogP contribution in [-0.2, 0) is 15.9 Å². The third kappa shape index (κ3) is 4.75. The summed E-state index contributed by atoms with van der Waals surface area (Å²) in [5, 5.41) is 6.00. The maximum atomic E-state index is 12.4. The Labute approximate surface area is 162 Å². The molecule has 0 spiro atoms. The summed E-state index contributed by atoms with van der Waals surface area (Å²) in [5.41, 5.74) is 0. The van der Waals surface area contributed by atoms with Gasteiger partial charge in [-0.15, -0.1) is 11.3 Å². The van der Waals surface area contributed by atoms with Crippen LogP contribution in [-0.4, -0.2) is 60.5 Å². The highest BCUT2D eigenvalue weighted by Gasteiger charge is 2.31. The molecule has 0 saturated carbocycles. The first-order valence-corrected chi connectivity index (χ1v) is 10.5. The van der Waals surface area contributed by atoms with Crippen molar-refractivity contribution in [2.75, 3.05) is 39.5 Å². The van der Waals surface area contributed by atoms with E-state index in [0.29, 0.717) is 37.2 Å². The molecule has 0 aliphatic carbocycles. The molecule has 0 bridgehead atoms. The minimum Gasteiger partial charge on any atom is -0.381 e. The predicted molar refractivity (Wildman–Crippen MR) is 99.9 cm³/mol. The van der Waals surface area contributed by atoms with E-state index in [9.17, 15) is 4.79 Å². The van der Waals surface area contributed by atoms with Gasteiger partial charge in [-0.25, -0.2) is 0 Å². The van der Waals surface area contributed by atoms with Crippen molar-refractivity contribution in [3.63, 3.8) is 0 Å². The zero-order valence-corrected chi connectivity index (χ0v) is 16.2. The summed E-state index contributed by atoms with van der Waals surface area (Å²) in [5.74, 6) is 2.13. The zero-order chi connectivity index (χ0) is 18.5. The quantitative estimate of drug-likeness (QED) is 0.676. The summed E-state index contributed by atoms with van der Waals surface area (Å²) in [6.45, 7) is 4.43. The van der Waals surface area contributed by atoms with Crippen LogP contribution in [0.15, 0.2) is 22.0 Å². The molecular weight excluding hydrogens is 366 g/mol. The van der Waals surface area contributed by atoms with E-state index in [0.717, 1.165) is 50.5 Å². The molecule has 1 amide bonds. The molecule has 2 aliphatic heterocycles. The number of aromatic nitrogens is 2. The van der Waals surface area contributed by atoms with Crippen LogP contribution in [0.5, 0.6) is 0 Å². The number of likely N-dealkylation sites (tertiary alicyclic amines) is 1. The number of ether oxygens (including phenoxy) is 2. The lowest BCUT2D eigenvalue weighted by Crippen LogP contribution is -2.27. The van der Waals surface area contributed by atoms with Gasteiger partial charge in [-0.3, -0.25) is 4.79 Å². The summed E-state index contributed by atoms with van der Waals surface area (Å²) < 4.78 is 16.6. The van der Waals surface area contributed by atoms with E-state index >= 15 is 0 Å². The van der Waals surface area contributed by atoms with E-state index in [1.165, 1.54) is 11.3 Å². The van der Waals surface area contributed by atoms with Crippen molar-refractivity contribution in [3.8, 4) is 0 Å². The molecule has 2 aliphatic rings. The van der Waals surface area contributed by atoms with Crippen LogP contribution >= 0.6 is 11.3 Å². The molecule has 1 unspecified atom stereocenters. The second-order valence-corrected chi connectivity index (χ2v) is 8.09. The van der Waals surface area contributed by atoms with Crippen molar-refractivity contribution in [2.45, 2.75) is 31.6 Å². The topological polar surface area (TPSA) is 77.7 Å². The Hall–Kier alpha value is -1.77. The van der Waals surface area contributed by atoms with E-state index in [1.54, 1.807) is 0 Å². The highest BCUT2D eigenvalue weighted by Crippen LogP contribution is 2.27. The van der Waals surface area contributed by atoms with E-state index < -0.39 is 0 Å². The Morgan fingerprint density at radius 3 is 3.04 bits per heavy atom. The van der Waals surface area contributed by atoms with Crippen molar-refractivity contribution in [2.24, 2.45) is 5.92 Å². The lowest BCUT2D eigenvalue weighted by molar-refractivity contribution is 0.0211. The average Bonchev–Trinajstić information content (AvgIpc) is 3.47. The molecule has 7 nitrogen and oxygen atoms in total. The number of carbonyl (C=O) groups excluding carboxylic acids is 1. The van der Waals surface area contributed by atoms with Gasteiger partial charge in [0.15, 0.2) is 5.82 Å². The number of thiophene rings is 1. The van der Waals surface area contributed by atoms with Crippen molar-refractivity contribution >= 4 is 17.2 Å². The molecule has 4 heterocycles. The molecule has 0 radical (unpaired) electrons. The molecule has 0 aromatic carbocycles. The first-order chi connectivity index (χ1) is 13.3. The van der Waals surface area contributed by atoms with E-state index in [1.807, 2.05) is 22.4 Å². The van der Waals surface area contributed by atoms with Crippen LogP contribution in [0.3, 0.4) is 0 Å². The van der Waals surface area contributed by atoms with Crippen molar-refractivity contribution in [1.82, 2.24) is 15.0 Å². The second kappa shape index (κ2) is 8.95. The van der Waals surface area contributed by atoms with Crippen LogP contribution in [0.1, 0.15) is 46.6 Å². The van der Waals surface area contributed by atoms with Gasteiger partial charge in [0.2, 0.25) is 5.89 Å². The van der Waals surface area contributed by atoms with Gasteiger partial charge in [-0.1, -0.05) is 11.2 Å². The third-order valence-electron chi connectivity index (χ3n) is 5.20. The van der Waals surface area contributed by atoms with Gasteiger partial charge in [0.1, 0.15) is 0 Å². The normalized spacial score (nSPS) is 21.0. The Kier molecular flexibility index (Phi) is 6.16. The molecular formula is C19H25N3O4S. The van der Waals surface area contributed by atoms with Crippen molar-refractivity contribution < 1.29 is 18.8 Å². The van der Waals surface area contributed by atoms with Crippen LogP contribution < -0.4 is 0 Å². The van der Waals surface area contributed by atoms with Crippen molar-refractivity contribution in [1.29, 1.82) is 0 Å². The van der Waals surface area contributed by atoms with Crippen molar-refractivity contribution in [3.05, 3.63) is 34.1 Å². The first kappa shape index (κ1) is 18.6. The van der Waals surface area contributed by atoms with Gasteiger partial charge >= 0.3 is 0 Å². The minimum absolute atomic E-state index is 0.0914. The molecule has 4 rings (SSSR count). The molecule has 0 N–H and O–H groups in total. The van der Waals surface area contributed by atoms with Gasteiger partial charge in [0.25, 0.3) is 5.91 Å². The molecule has 8 heteroatoms. The Balaban J connectivity index is 1.21. The largest absolute Gasteiger partial charge is 0.381 e. The standard InChI is InChI=1S/C19H25N3O4S/c23-19(16-2-1-11-27-16)22-7-3-15(12-22)18-20-17(21-26-18)6-10-25-13-14-4-8-24-9-5-14/h1-2,11,14-15H,3-10,12-13H2. The van der Waals surface area contributed by atoms with Crippen LogP contribution in [0.4, 0.5) is 0 Å². The number of amides is 1. The van der Waals surface area contributed by atoms with Gasteiger partial charge in [0, 0.05) is 39.3 Å². The summed E-state index contributed by atoms with van der Waals surface area (Å²) >= 11 is 1.48. The highest BCUT2D eigenvalue weighted by molar-refractivity contribution is 7.12. The first-order valence-electron chi connectivity index (χ1n) is 9.60. The number of rotatable bonds is 7. The third-order valence-corrected chi connectivity index (χ3v) is 6.06. The maximum absolute atomic E-state index is 12.4. The molecule has 27 heavy (non-hydrogen) atoms. The molecule has 2 saturated heterocycles. The lowest BCUT2D eigenvalue weighted by atomic mass is 10.0. The van der Waals surface area contributed by atoms with E-state index in [2.05, 4.69) is 10.1 Å². The fraction of sp³-hybridized carbons (Fsp3) is 0.632. The van der Waals surface area contributed by atoms with Crippen LogP contribution in [0.2, 0.25) is 0 Å². The molecule has 1 atom stereocenters. The van der Waals surface area contributed by atoms with Gasteiger partial charge in [0.05, 0.1) is 17.4 Å². The average molecular weight is 391 g/mol. The monoisotopic (exact) mass is 391 g/mol. The molecule has 2 fully saturated rings. The Bertz CT molecular complexity index is 727. The van der Waals surface area contributed by atoms with E-state index in [4.69, 9.17) is 14.0 Å². The summed E-state index contributed by atoms with van der Waals surface area (Å²) in [6.07, 6.45) is 3.67. The SMILES string of the molecule is O=C(c1cccs1)N1CCC(c2nc(CCOCC3CCOCC3)no2)C1. The van der Waals surface area contributed by atoms with E-state index in [-0.39, 0.29) is 11.8 Å². The number of hydrogen-bond acceptors (Lipinski definition) is 7. The minimum atomic E-state index is 0.0914. The Morgan fingerprint density at radius 1 is 1.33 bits per heavy atom. The zero-order valence-electron chi connectivity index (χ0n) is 15.3. The Morgan fingerprint density at radius 2 is 2.22 bits per heavy atom. The maximum Gasteiger partial charge on any atom is 0.263 e. The number of nitrogens with zero attached hydrogens (tertiary/aromatic N) is 3. The smallest absolute Gasteiger partial charge is 0.263 e. The second-order valence-electron chi connectivity index (χ2n) is 7.14. The molecule has 2 aromatic heterocycles. The number of carbonyl (C=O) groups is 1. The highest BCUT2D eigenvalue weighted by atomic mass is 32.1. The van der Waals surface area contributed by atoms with Gasteiger partial charge in [-0.05, 0) is 36.6 Å². The predicted octanol–water partition coefficient (Wildman–Crippen LogP) is 2.75. The molecule has 2 aromatic rings. The fourth-order valence-electron chi connectivity index (χ4n) is 3.56.